The fraction of sp³-hybridized carbons (Fsp3) is 0.348. The van der Waals surface area contributed by atoms with Gasteiger partial charge in [0.2, 0.25) is 0 Å². The second-order valence-corrected chi connectivity index (χ2v) is 8.28. The van der Waals surface area contributed by atoms with Crippen LogP contribution in [0.15, 0.2) is 42.7 Å². The lowest BCUT2D eigenvalue weighted by molar-refractivity contribution is 0.438. The van der Waals surface area contributed by atoms with Crippen LogP contribution < -0.4 is 20.3 Å². The van der Waals surface area contributed by atoms with Crippen molar-refractivity contribution in [3.05, 3.63) is 54.0 Å². The Morgan fingerprint density at radius 3 is 2.73 bits per heavy atom. The lowest BCUT2D eigenvalue weighted by Gasteiger charge is -2.22. The third kappa shape index (κ3) is 2.81. The number of benzene rings is 1. The Balaban J connectivity index is 1.46. The lowest BCUT2D eigenvalue weighted by Crippen LogP contribution is -2.27. The Morgan fingerprint density at radius 2 is 1.97 bits per heavy atom. The number of rotatable bonds is 4. The third-order valence-electron chi connectivity index (χ3n) is 6.54. The molecular weight excluding hydrogens is 376 g/mol. The van der Waals surface area contributed by atoms with Gasteiger partial charge in [0.25, 0.3) is 0 Å². The standard InChI is InChI=1S/C23H24N6O/c1-24-19-6-2-5-17-18(19)8-20-21(17)22(29-12-14-9-26-10-15(14)13-29)28-23(27-20)30-16-4-3-7-25-11-16/h2-7,11,14-15,24,26H,8-10,12-13H2,1H3/t14-,15?/m0/s1. The summed E-state index contributed by atoms with van der Waals surface area (Å²) in [7, 11) is 1.97. The molecule has 0 amide bonds. The van der Waals surface area contributed by atoms with Crippen molar-refractivity contribution in [3.8, 4) is 22.9 Å². The molecule has 2 N–H and O–H groups in total. The van der Waals surface area contributed by atoms with Gasteiger partial charge in [0.1, 0.15) is 11.6 Å². The Labute approximate surface area is 175 Å². The number of nitrogens with one attached hydrogen (secondary N) is 2. The van der Waals surface area contributed by atoms with E-state index in [0.717, 1.165) is 55.4 Å². The summed E-state index contributed by atoms with van der Waals surface area (Å²) in [6.45, 7) is 4.23. The van der Waals surface area contributed by atoms with Gasteiger partial charge in [-0.25, -0.2) is 0 Å². The molecule has 152 valence electrons. The molecule has 3 aliphatic rings. The number of nitrogens with zero attached hydrogens (tertiary/aromatic N) is 4. The summed E-state index contributed by atoms with van der Waals surface area (Å²) >= 11 is 0. The Hall–Kier alpha value is -3.19. The number of hydrogen-bond acceptors (Lipinski definition) is 7. The summed E-state index contributed by atoms with van der Waals surface area (Å²) < 4.78 is 6.01. The molecular formula is C23H24N6O. The van der Waals surface area contributed by atoms with Gasteiger partial charge in [-0.05, 0) is 41.2 Å². The van der Waals surface area contributed by atoms with Gasteiger partial charge >= 0.3 is 6.01 Å². The highest BCUT2D eigenvalue weighted by Gasteiger charge is 2.39. The van der Waals surface area contributed by atoms with Crippen LogP contribution in [-0.4, -0.2) is 48.2 Å². The molecule has 6 rings (SSSR count). The van der Waals surface area contributed by atoms with E-state index < -0.39 is 0 Å². The fourth-order valence-electron chi connectivity index (χ4n) is 5.10. The van der Waals surface area contributed by atoms with Crippen molar-refractivity contribution >= 4 is 11.5 Å². The fourth-order valence-corrected chi connectivity index (χ4v) is 5.10. The van der Waals surface area contributed by atoms with Crippen molar-refractivity contribution in [1.29, 1.82) is 0 Å². The topological polar surface area (TPSA) is 75.2 Å². The van der Waals surface area contributed by atoms with Crippen molar-refractivity contribution in [2.75, 3.05) is 43.4 Å². The minimum Gasteiger partial charge on any atom is -0.423 e. The van der Waals surface area contributed by atoms with Crippen LogP contribution in [0, 0.1) is 11.8 Å². The van der Waals surface area contributed by atoms with Gasteiger partial charge in [-0.1, -0.05) is 12.1 Å². The summed E-state index contributed by atoms with van der Waals surface area (Å²) in [6, 6.07) is 10.5. The average molecular weight is 400 g/mol. The number of pyridine rings is 1. The molecule has 4 heterocycles. The maximum absolute atomic E-state index is 6.01. The largest absolute Gasteiger partial charge is 0.423 e. The molecule has 1 aliphatic carbocycles. The minimum absolute atomic E-state index is 0.394. The monoisotopic (exact) mass is 400 g/mol. The molecule has 2 aromatic heterocycles. The molecule has 0 radical (unpaired) electrons. The summed E-state index contributed by atoms with van der Waals surface area (Å²) in [5, 5.41) is 6.85. The van der Waals surface area contributed by atoms with E-state index >= 15 is 0 Å². The predicted molar refractivity (Wildman–Crippen MR) is 116 cm³/mol. The number of fused-ring (bicyclic) bond motifs is 4. The van der Waals surface area contributed by atoms with Crippen LogP contribution in [0.2, 0.25) is 0 Å². The molecule has 7 heteroatoms. The number of aromatic nitrogens is 3. The van der Waals surface area contributed by atoms with Gasteiger partial charge in [0.15, 0.2) is 0 Å². The van der Waals surface area contributed by atoms with Crippen molar-refractivity contribution in [3.63, 3.8) is 0 Å². The van der Waals surface area contributed by atoms with E-state index in [2.05, 4.69) is 38.7 Å². The smallest absolute Gasteiger partial charge is 0.324 e. The molecule has 30 heavy (non-hydrogen) atoms. The van der Waals surface area contributed by atoms with Gasteiger partial charge < -0.3 is 20.3 Å². The number of hydrogen-bond donors (Lipinski definition) is 2. The molecule has 2 atom stereocenters. The van der Waals surface area contributed by atoms with E-state index in [-0.39, 0.29) is 0 Å². The molecule has 1 unspecified atom stereocenters. The highest BCUT2D eigenvalue weighted by atomic mass is 16.5. The van der Waals surface area contributed by atoms with Crippen LogP contribution in [0.3, 0.4) is 0 Å². The van der Waals surface area contributed by atoms with Gasteiger partial charge in [0.05, 0.1) is 11.9 Å². The zero-order valence-electron chi connectivity index (χ0n) is 16.9. The van der Waals surface area contributed by atoms with E-state index in [9.17, 15) is 0 Å². The molecule has 7 nitrogen and oxygen atoms in total. The summed E-state index contributed by atoms with van der Waals surface area (Å²) in [6.07, 6.45) is 4.20. The lowest BCUT2D eigenvalue weighted by atomic mass is 10.0. The molecule has 0 bridgehead atoms. The van der Waals surface area contributed by atoms with Crippen LogP contribution in [0.1, 0.15) is 11.3 Å². The van der Waals surface area contributed by atoms with Crippen molar-refractivity contribution in [2.45, 2.75) is 6.42 Å². The van der Waals surface area contributed by atoms with E-state index in [1.54, 1.807) is 12.4 Å². The second-order valence-electron chi connectivity index (χ2n) is 8.28. The van der Waals surface area contributed by atoms with Crippen LogP contribution in [-0.2, 0) is 6.42 Å². The Morgan fingerprint density at radius 1 is 1.10 bits per heavy atom. The number of anilines is 2. The van der Waals surface area contributed by atoms with Gasteiger partial charge in [-0.2, -0.15) is 9.97 Å². The van der Waals surface area contributed by atoms with Gasteiger partial charge in [0, 0.05) is 57.1 Å². The molecule has 0 saturated carbocycles. The molecule has 2 fully saturated rings. The molecule has 2 saturated heterocycles. The first-order valence-electron chi connectivity index (χ1n) is 10.5. The zero-order valence-corrected chi connectivity index (χ0v) is 16.9. The molecule has 2 aliphatic heterocycles. The quantitative estimate of drug-likeness (QED) is 0.545. The Kier molecular flexibility index (Phi) is 4.09. The zero-order chi connectivity index (χ0) is 20.1. The first-order valence-corrected chi connectivity index (χ1v) is 10.5. The van der Waals surface area contributed by atoms with Crippen LogP contribution in [0.25, 0.3) is 11.1 Å². The first-order chi connectivity index (χ1) is 14.8. The average Bonchev–Trinajstić information content (AvgIpc) is 3.46. The predicted octanol–water partition coefficient (Wildman–Crippen LogP) is 2.93. The highest BCUT2D eigenvalue weighted by molar-refractivity contribution is 5.88. The maximum Gasteiger partial charge on any atom is 0.324 e. The summed E-state index contributed by atoms with van der Waals surface area (Å²) in [4.78, 5) is 16.3. The maximum atomic E-state index is 6.01. The van der Waals surface area contributed by atoms with E-state index in [1.165, 1.54) is 11.1 Å². The highest BCUT2D eigenvalue weighted by Crippen LogP contribution is 2.46. The molecule has 0 spiro atoms. The van der Waals surface area contributed by atoms with E-state index in [4.69, 9.17) is 14.7 Å². The summed E-state index contributed by atoms with van der Waals surface area (Å²) in [5.74, 6) is 3.02. The summed E-state index contributed by atoms with van der Waals surface area (Å²) in [5.41, 5.74) is 5.86. The van der Waals surface area contributed by atoms with Gasteiger partial charge in [-0.15, -0.1) is 0 Å². The first kappa shape index (κ1) is 17.7. The van der Waals surface area contributed by atoms with Crippen molar-refractivity contribution < 1.29 is 4.74 Å². The van der Waals surface area contributed by atoms with Crippen LogP contribution >= 0.6 is 0 Å². The Bertz CT molecular complexity index is 1090. The number of ether oxygens (including phenoxy) is 1. The second kappa shape index (κ2) is 6.95. The normalized spacial score (nSPS) is 21.3. The third-order valence-corrected chi connectivity index (χ3v) is 6.54. The van der Waals surface area contributed by atoms with Crippen molar-refractivity contribution in [1.82, 2.24) is 20.3 Å². The van der Waals surface area contributed by atoms with Crippen LogP contribution in [0.4, 0.5) is 11.5 Å². The molecule has 3 aromatic rings. The SMILES string of the molecule is CNc1cccc2c1Cc1nc(Oc3cccnc3)nc(N3CC4CNC[C@H]4C3)c1-2. The van der Waals surface area contributed by atoms with Crippen LogP contribution in [0.5, 0.6) is 11.8 Å². The van der Waals surface area contributed by atoms with Gasteiger partial charge in [-0.3, -0.25) is 4.98 Å². The van der Waals surface area contributed by atoms with E-state index in [0.29, 0.717) is 23.6 Å². The van der Waals surface area contributed by atoms with E-state index in [1.807, 2.05) is 19.2 Å². The minimum atomic E-state index is 0.394. The van der Waals surface area contributed by atoms with Crippen molar-refractivity contribution in [2.24, 2.45) is 11.8 Å². The molecule has 1 aromatic carbocycles.